The second-order valence-corrected chi connectivity index (χ2v) is 9.47. The highest BCUT2D eigenvalue weighted by atomic mass is 16.4. The Hall–Kier alpha value is -4.71. The molecule has 0 bridgehead atoms. The summed E-state index contributed by atoms with van der Waals surface area (Å²) in [5, 5.41) is 17.5. The summed E-state index contributed by atoms with van der Waals surface area (Å²) in [5.74, 6) is 0.878. The normalized spacial score (nSPS) is 13.8. The zero-order valence-corrected chi connectivity index (χ0v) is 20.4. The summed E-state index contributed by atoms with van der Waals surface area (Å²) in [5.41, 5.74) is 6.33. The fraction of sp³-hybridized carbons (Fsp3) is 0.129. The predicted octanol–water partition coefficient (Wildman–Crippen LogP) is 6.68. The number of aryl methyl sites for hydroxylation is 1. The Kier molecular flexibility index (Phi) is 5.57. The van der Waals surface area contributed by atoms with Crippen molar-refractivity contribution >= 4 is 17.6 Å². The lowest BCUT2D eigenvalue weighted by atomic mass is 9.93. The maximum absolute atomic E-state index is 11.6. The number of pyridine rings is 1. The number of nitrogens with one attached hydrogen (secondary N) is 1. The van der Waals surface area contributed by atoms with Crippen molar-refractivity contribution in [3.63, 3.8) is 0 Å². The number of carboxylic acid groups (broad SMARTS) is 1. The van der Waals surface area contributed by atoms with Crippen molar-refractivity contribution in [3.05, 3.63) is 109 Å². The van der Waals surface area contributed by atoms with E-state index < -0.39 is 11.4 Å². The Bertz CT molecular complexity index is 1570. The van der Waals surface area contributed by atoms with E-state index in [-0.39, 0.29) is 0 Å². The van der Waals surface area contributed by atoms with Gasteiger partial charge in [0.15, 0.2) is 0 Å². The number of anilines is 2. The molecule has 2 heterocycles. The smallest absolute Gasteiger partial charge is 0.314 e. The fourth-order valence-corrected chi connectivity index (χ4v) is 4.77. The number of hydrogen-bond donors (Lipinski definition) is 2. The number of carbonyl (C=O) groups is 1. The highest BCUT2D eigenvalue weighted by Gasteiger charge is 2.51. The molecule has 1 fully saturated rings. The molecule has 0 unspecified atom stereocenters. The van der Waals surface area contributed by atoms with Crippen molar-refractivity contribution < 1.29 is 9.90 Å². The average molecular weight is 487 g/mol. The Balaban J connectivity index is 1.24. The fourth-order valence-electron chi connectivity index (χ4n) is 4.77. The Morgan fingerprint density at radius 1 is 0.811 bits per heavy atom. The SMILES string of the molecule is Cn1ncc(-c2ccc(-c3ccc(C4(C(=O)O)CC4)cc3)cc2)c1Nc1cccc(-c2ccccc2)n1. The van der Waals surface area contributed by atoms with Crippen LogP contribution in [0.25, 0.3) is 33.5 Å². The second-order valence-electron chi connectivity index (χ2n) is 9.47. The molecule has 37 heavy (non-hydrogen) atoms. The first-order valence-corrected chi connectivity index (χ1v) is 12.3. The molecular formula is C31H26N4O2. The number of hydrogen-bond acceptors (Lipinski definition) is 4. The summed E-state index contributed by atoms with van der Waals surface area (Å²) >= 11 is 0. The summed E-state index contributed by atoms with van der Waals surface area (Å²) in [7, 11) is 1.91. The van der Waals surface area contributed by atoms with Gasteiger partial charge in [0.1, 0.15) is 11.6 Å². The predicted molar refractivity (Wildman–Crippen MR) is 146 cm³/mol. The first-order chi connectivity index (χ1) is 18.0. The number of nitrogens with zero attached hydrogens (tertiary/aromatic N) is 3. The Labute approximate surface area is 215 Å². The van der Waals surface area contributed by atoms with Gasteiger partial charge in [-0.1, -0.05) is 84.9 Å². The number of aliphatic carboxylic acids is 1. The van der Waals surface area contributed by atoms with E-state index in [0.717, 1.165) is 50.7 Å². The van der Waals surface area contributed by atoms with E-state index in [2.05, 4.69) is 34.7 Å². The van der Waals surface area contributed by atoms with E-state index >= 15 is 0 Å². The van der Waals surface area contributed by atoms with E-state index in [4.69, 9.17) is 4.98 Å². The average Bonchev–Trinajstić information content (AvgIpc) is 3.69. The molecule has 0 saturated heterocycles. The molecule has 1 aliphatic carbocycles. The topological polar surface area (TPSA) is 80.0 Å². The van der Waals surface area contributed by atoms with E-state index in [1.165, 1.54) is 0 Å². The van der Waals surface area contributed by atoms with E-state index in [9.17, 15) is 9.90 Å². The molecule has 6 rings (SSSR count). The molecule has 6 heteroatoms. The molecule has 0 radical (unpaired) electrons. The van der Waals surface area contributed by atoms with Crippen molar-refractivity contribution in [2.75, 3.05) is 5.32 Å². The van der Waals surface area contributed by atoms with Crippen LogP contribution in [0.4, 0.5) is 11.6 Å². The van der Waals surface area contributed by atoms with Gasteiger partial charge in [0.2, 0.25) is 0 Å². The lowest BCUT2D eigenvalue weighted by molar-refractivity contribution is -0.140. The van der Waals surface area contributed by atoms with Gasteiger partial charge in [-0.25, -0.2) is 4.98 Å². The zero-order chi connectivity index (χ0) is 25.4. The van der Waals surface area contributed by atoms with Gasteiger partial charge < -0.3 is 10.4 Å². The monoisotopic (exact) mass is 486 g/mol. The quantitative estimate of drug-likeness (QED) is 0.268. The van der Waals surface area contributed by atoms with E-state index in [1.807, 2.05) is 90.7 Å². The summed E-state index contributed by atoms with van der Waals surface area (Å²) in [6.07, 6.45) is 3.28. The van der Waals surface area contributed by atoms with Crippen molar-refractivity contribution in [1.29, 1.82) is 0 Å². The number of rotatable bonds is 7. The van der Waals surface area contributed by atoms with Crippen LogP contribution in [0.1, 0.15) is 18.4 Å². The Morgan fingerprint density at radius 3 is 2.11 bits per heavy atom. The standard InChI is InChI=1S/C31H26N4O2/c1-35-29(34-28-9-5-8-27(33-28)24-6-3-2-4-7-24)26(20-32-35)23-12-10-21(11-13-23)22-14-16-25(17-15-22)31(18-19-31)30(36)37/h2-17,20H,18-19H2,1H3,(H,33,34)(H,36,37). The molecule has 0 aliphatic heterocycles. The van der Waals surface area contributed by atoms with Crippen LogP contribution in [0, 0.1) is 0 Å². The van der Waals surface area contributed by atoms with Gasteiger partial charge >= 0.3 is 5.97 Å². The summed E-state index contributed by atoms with van der Waals surface area (Å²) < 4.78 is 1.81. The molecule has 0 spiro atoms. The van der Waals surface area contributed by atoms with Gasteiger partial charge in [0.25, 0.3) is 0 Å². The lowest BCUT2D eigenvalue weighted by Crippen LogP contribution is -2.19. The van der Waals surface area contributed by atoms with Crippen LogP contribution in [-0.2, 0) is 17.3 Å². The van der Waals surface area contributed by atoms with Crippen LogP contribution < -0.4 is 5.32 Å². The first-order valence-electron chi connectivity index (χ1n) is 12.3. The molecule has 3 aromatic carbocycles. The van der Waals surface area contributed by atoms with Gasteiger partial charge in [-0.15, -0.1) is 0 Å². The van der Waals surface area contributed by atoms with Gasteiger partial charge in [-0.05, 0) is 47.2 Å². The number of carboxylic acids is 1. The molecule has 0 atom stereocenters. The molecule has 6 nitrogen and oxygen atoms in total. The largest absolute Gasteiger partial charge is 0.481 e. The summed E-state index contributed by atoms with van der Waals surface area (Å²) in [6, 6.07) is 32.3. The minimum Gasteiger partial charge on any atom is -0.481 e. The third-order valence-corrected chi connectivity index (χ3v) is 7.13. The number of benzene rings is 3. The number of aromatic nitrogens is 3. The second kappa shape index (κ2) is 9.06. The lowest BCUT2D eigenvalue weighted by Gasteiger charge is -2.12. The van der Waals surface area contributed by atoms with Gasteiger partial charge in [-0.2, -0.15) is 5.10 Å². The zero-order valence-electron chi connectivity index (χ0n) is 20.4. The molecular weight excluding hydrogens is 460 g/mol. The third kappa shape index (κ3) is 4.27. The molecule has 1 saturated carbocycles. The first kappa shape index (κ1) is 22.7. The van der Waals surface area contributed by atoms with Crippen molar-refractivity contribution in [3.8, 4) is 33.5 Å². The molecule has 1 aliphatic rings. The maximum Gasteiger partial charge on any atom is 0.314 e. The van der Waals surface area contributed by atoms with E-state index in [0.29, 0.717) is 12.8 Å². The van der Waals surface area contributed by atoms with Gasteiger partial charge in [0, 0.05) is 18.2 Å². The van der Waals surface area contributed by atoms with Crippen LogP contribution >= 0.6 is 0 Å². The van der Waals surface area contributed by atoms with Gasteiger partial charge in [0.05, 0.1) is 17.3 Å². The molecule has 5 aromatic rings. The van der Waals surface area contributed by atoms with Crippen LogP contribution in [0.15, 0.2) is 103 Å². The third-order valence-electron chi connectivity index (χ3n) is 7.13. The van der Waals surface area contributed by atoms with Crippen LogP contribution in [-0.4, -0.2) is 25.8 Å². The minimum absolute atomic E-state index is 0.679. The maximum atomic E-state index is 11.6. The molecule has 182 valence electrons. The van der Waals surface area contributed by atoms with Crippen LogP contribution in [0.2, 0.25) is 0 Å². The molecule has 0 amide bonds. The summed E-state index contributed by atoms with van der Waals surface area (Å²) in [6.45, 7) is 0. The molecule has 2 aromatic heterocycles. The van der Waals surface area contributed by atoms with Crippen LogP contribution in [0.3, 0.4) is 0 Å². The van der Waals surface area contributed by atoms with Crippen molar-refractivity contribution in [2.45, 2.75) is 18.3 Å². The Morgan fingerprint density at radius 2 is 1.46 bits per heavy atom. The minimum atomic E-state index is -0.729. The highest BCUT2D eigenvalue weighted by Crippen LogP contribution is 2.48. The van der Waals surface area contributed by atoms with Gasteiger partial charge in [-0.3, -0.25) is 9.48 Å². The van der Waals surface area contributed by atoms with E-state index in [1.54, 1.807) is 0 Å². The van der Waals surface area contributed by atoms with Crippen molar-refractivity contribution in [1.82, 2.24) is 14.8 Å². The van der Waals surface area contributed by atoms with Crippen LogP contribution in [0.5, 0.6) is 0 Å². The van der Waals surface area contributed by atoms with Crippen molar-refractivity contribution in [2.24, 2.45) is 7.05 Å². The summed E-state index contributed by atoms with van der Waals surface area (Å²) in [4.78, 5) is 16.4. The molecule has 2 N–H and O–H groups in total. The highest BCUT2D eigenvalue weighted by molar-refractivity contribution is 5.85.